The molecule has 1 heterocycles. The molecular weight excluding hydrogens is 378 g/mol. The maximum Gasteiger partial charge on any atom is 0.434 e. The summed E-state index contributed by atoms with van der Waals surface area (Å²) in [6.07, 6.45) is 2.22. The van der Waals surface area contributed by atoms with Gasteiger partial charge in [0.05, 0.1) is 23.7 Å². The van der Waals surface area contributed by atoms with Gasteiger partial charge in [0.15, 0.2) is 0 Å². The zero-order chi connectivity index (χ0) is 22.4. The van der Waals surface area contributed by atoms with E-state index in [0.29, 0.717) is 19.5 Å². The highest BCUT2D eigenvalue weighted by molar-refractivity contribution is 5.85. The molecule has 0 aliphatic rings. The van der Waals surface area contributed by atoms with Gasteiger partial charge in [-0.3, -0.25) is 9.59 Å². The van der Waals surface area contributed by atoms with Gasteiger partial charge < -0.3 is 25.9 Å². The Morgan fingerprint density at radius 1 is 1.17 bits per heavy atom. The summed E-state index contributed by atoms with van der Waals surface area (Å²) in [6, 6.07) is 0. The van der Waals surface area contributed by atoms with Gasteiger partial charge in [-0.2, -0.15) is 0 Å². The fourth-order valence-corrected chi connectivity index (χ4v) is 2.59. The third-order valence-corrected chi connectivity index (χ3v) is 5.30. The normalized spacial score (nSPS) is 13.5. The molecule has 0 saturated heterocycles. The van der Waals surface area contributed by atoms with Crippen molar-refractivity contribution in [1.29, 1.82) is 0 Å². The van der Waals surface area contributed by atoms with Gasteiger partial charge in [-0.25, -0.2) is 4.57 Å². The number of imidazole rings is 1. The first-order valence-corrected chi connectivity index (χ1v) is 9.62. The fourth-order valence-electron chi connectivity index (χ4n) is 2.59. The van der Waals surface area contributed by atoms with E-state index >= 15 is 0 Å². The van der Waals surface area contributed by atoms with E-state index < -0.39 is 22.1 Å². The summed E-state index contributed by atoms with van der Waals surface area (Å²) in [7, 11) is 0. The van der Waals surface area contributed by atoms with E-state index in [4.69, 9.17) is 0 Å². The number of aliphatic hydroxyl groups is 1. The summed E-state index contributed by atoms with van der Waals surface area (Å²) in [5, 5.41) is 27.9. The Kier molecular flexibility index (Phi) is 8.61. The molecule has 0 aliphatic carbocycles. The number of carbonyl (C=O) groups excluding carboxylic acids is 2. The Bertz CT molecular complexity index is 698. The molecule has 164 valence electrons. The lowest BCUT2D eigenvalue weighted by molar-refractivity contribution is -0.397. The van der Waals surface area contributed by atoms with Crippen LogP contribution in [0, 0.1) is 16.0 Å². The van der Waals surface area contributed by atoms with E-state index in [9.17, 15) is 24.8 Å². The standard InChI is InChI=1S/C19H33N5O5/c1-13(25)18(3,4)21-10-15(11-22-19(5,6)14(2)26)9-16(27)12-23-8-7-20-17(23)24(28)29/h7-8,15-16,21-22,27H,9-12H2,1-6H3. The maximum absolute atomic E-state index is 11.8. The van der Waals surface area contributed by atoms with E-state index in [0.717, 1.165) is 0 Å². The Balaban J connectivity index is 2.83. The predicted octanol–water partition coefficient (Wildman–Crippen LogP) is 1.07. The molecule has 1 atom stereocenters. The van der Waals surface area contributed by atoms with Crippen LogP contribution in [0.5, 0.6) is 0 Å². The second-order valence-electron chi connectivity index (χ2n) is 8.52. The minimum absolute atomic E-state index is 0.0112. The van der Waals surface area contributed by atoms with Crippen LogP contribution in [-0.4, -0.2) is 61.4 Å². The largest absolute Gasteiger partial charge is 0.434 e. The Labute approximate surface area is 171 Å². The highest BCUT2D eigenvalue weighted by Crippen LogP contribution is 2.15. The molecule has 0 bridgehead atoms. The average molecular weight is 412 g/mol. The van der Waals surface area contributed by atoms with Crippen molar-refractivity contribution in [3.05, 3.63) is 22.5 Å². The number of ketones is 2. The quantitative estimate of drug-likeness (QED) is 0.323. The number of nitrogens with one attached hydrogen (secondary N) is 2. The lowest BCUT2D eigenvalue weighted by atomic mass is 9.94. The zero-order valence-corrected chi connectivity index (χ0v) is 18.1. The van der Waals surface area contributed by atoms with Crippen LogP contribution < -0.4 is 10.6 Å². The van der Waals surface area contributed by atoms with Crippen LogP contribution >= 0.6 is 0 Å². The number of aliphatic hydroxyl groups excluding tert-OH is 1. The summed E-state index contributed by atoms with van der Waals surface area (Å²) >= 11 is 0. The van der Waals surface area contributed by atoms with Crippen LogP contribution in [0.1, 0.15) is 48.0 Å². The van der Waals surface area contributed by atoms with Gasteiger partial charge in [0, 0.05) is 13.1 Å². The monoisotopic (exact) mass is 411 g/mol. The van der Waals surface area contributed by atoms with Crippen LogP contribution in [0.25, 0.3) is 0 Å². The van der Waals surface area contributed by atoms with Crippen LogP contribution in [0.2, 0.25) is 0 Å². The molecule has 3 N–H and O–H groups in total. The molecule has 0 fully saturated rings. The summed E-state index contributed by atoms with van der Waals surface area (Å²) in [5.74, 6) is -0.470. The fraction of sp³-hybridized carbons (Fsp3) is 0.737. The first-order valence-electron chi connectivity index (χ1n) is 9.62. The second-order valence-corrected chi connectivity index (χ2v) is 8.52. The molecular formula is C19H33N5O5. The van der Waals surface area contributed by atoms with Crippen molar-refractivity contribution >= 4 is 17.5 Å². The van der Waals surface area contributed by atoms with Crippen molar-refractivity contribution < 1.29 is 19.6 Å². The van der Waals surface area contributed by atoms with Crippen molar-refractivity contribution in [1.82, 2.24) is 20.2 Å². The lowest BCUT2D eigenvalue weighted by Crippen LogP contribution is -2.52. The topological polar surface area (TPSA) is 139 Å². The predicted molar refractivity (Wildman–Crippen MR) is 109 cm³/mol. The number of aromatic nitrogens is 2. The van der Waals surface area contributed by atoms with E-state index in [2.05, 4.69) is 15.6 Å². The summed E-state index contributed by atoms with van der Waals surface area (Å²) in [4.78, 5) is 37.6. The Morgan fingerprint density at radius 2 is 1.66 bits per heavy atom. The maximum atomic E-state index is 11.8. The highest BCUT2D eigenvalue weighted by Gasteiger charge is 2.28. The molecule has 0 spiro atoms. The molecule has 1 rings (SSSR count). The minimum Gasteiger partial charge on any atom is -0.390 e. The molecule has 0 radical (unpaired) electrons. The molecule has 10 heteroatoms. The molecule has 1 unspecified atom stereocenters. The molecule has 10 nitrogen and oxygen atoms in total. The van der Waals surface area contributed by atoms with Crippen LogP contribution in [0.15, 0.2) is 12.4 Å². The van der Waals surface area contributed by atoms with E-state index in [1.165, 1.54) is 30.8 Å². The van der Waals surface area contributed by atoms with Gasteiger partial charge in [-0.15, -0.1) is 0 Å². The first kappa shape index (κ1) is 24.9. The summed E-state index contributed by atoms with van der Waals surface area (Å²) in [6.45, 7) is 11.0. The van der Waals surface area contributed by atoms with Gasteiger partial charge in [0.2, 0.25) is 0 Å². The molecule has 0 saturated carbocycles. The van der Waals surface area contributed by atoms with Crippen molar-refractivity contribution in [3.8, 4) is 0 Å². The van der Waals surface area contributed by atoms with Gasteiger partial charge in [-0.1, -0.05) is 4.98 Å². The minimum atomic E-state index is -0.864. The van der Waals surface area contributed by atoms with E-state index in [1.54, 1.807) is 27.7 Å². The number of hydrogen-bond donors (Lipinski definition) is 3. The van der Waals surface area contributed by atoms with Crippen molar-refractivity contribution in [2.45, 2.75) is 71.7 Å². The van der Waals surface area contributed by atoms with Crippen molar-refractivity contribution in [2.75, 3.05) is 13.1 Å². The lowest BCUT2D eigenvalue weighted by Gasteiger charge is -2.31. The number of Topliss-reactive ketones (excluding diaryl/α,β-unsaturated/α-hetero) is 2. The zero-order valence-electron chi connectivity index (χ0n) is 18.1. The van der Waals surface area contributed by atoms with Crippen molar-refractivity contribution in [2.24, 2.45) is 5.92 Å². The third-order valence-electron chi connectivity index (χ3n) is 5.30. The van der Waals surface area contributed by atoms with Crippen molar-refractivity contribution in [3.63, 3.8) is 0 Å². The molecule has 0 aromatic carbocycles. The average Bonchev–Trinajstić information content (AvgIpc) is 3.05. The third kappa shape index (κ3) is 7.64. The second kappa shape index (κ2) is 10.0. The van der Waals surface area contributed by atoms with Gasteiger partial charge in [0.25, 0.3) is 0 Å². The van der Waals surface area contributed by atoms with Crippen LogP contribution in [0.3, 0.4) is 0 Å². The van der Waals surface area contributed by atoms with Crippen LogP contribution in [-0.2, 0) is 16.1 Å². The van der Waals surface area contributed by atoms with Crippen LogP contribution in [0.4, 0.5) is 5.95 Å². The molecule has 29 heavy (non-hydrogen) atoms. The number of nitro groups is 1. The summed E-state index contributed by atoms with van der Waals surface area (Å²) < 4.78 is 1.29. The number of carbonyl (C=O) groups is 2. The highest BCUT2D eigenvalue weighted by atomic mass is 16.6. The number of nitrogens with zero attached hydrogens (tertiary/aromatic N) is 3. The molecule has 1 aromatic rings. The number of hydrogen-bond acceptors (Lipinski definition) is 8. The molecule has 0 aliphatic heterocycles. The van der Waals surface area contributed by atoms with Gasteiger partial charge >= 0.3 is 5.95 Å². The van der Waals surface area contributed by atoms with E-state index in [1.807, 2.05) is 0 Å². The van der Waals surface area contributed by atoms with Gasteiger partial charge in [-0.05, 0) is 58.8 Å². The Morgan fingerprint density at radius 3 is 2.07 bits per heavy atom. The number of rotatable bonds is 13. The first-order chi connectivity index (χ1) is 13.3. The smallest absolute Gasteiger partial charge is 0.390 e. The molecule has 0 amide bonds. The van der Waals surface area contributed by atoms with E-state index in [-0.39, 0.29) is 30.0 Å². The van der Waals surface area contributed by atoms with Gasteiger partial charge in [0.1, 0.15) is 24.0 Å². The Hall–Kier alpha value is -2.17. The molecule has 1 aromatic heterocycles. The SMILES string of the molecule is CC(=O)C(C)(C)NCC(CNC(C)(C)C(C)=O)CC(O)Cn1ccnc1[N+](=O)[O-]. The summed E-state index contributed by atoms with van der Waals surface area (Å²) in [5.41, 5.74) is -1.44.